The van der Waals surface area contributed by atoms with Gasteiger partial charge in [0, 0.05) is 11.8 Å². The van der Waals surface area contributed by atoms with Gasteiger partial charge in [-0.05, 0) is 36.4 Å². The third-order valence-electron chi connectivity index (χ3n) is 3.68. The normalized spacial score (nSPS) is 18.2. The first-order chi connectivity index (χ1) is 11.7. The third-order valence-corrected chi connectivity index (χ3v) is 5.06. The smallest absolute Gasteiger partial charge is 0.138 e. The summed E-state index contributed by atoms with van der Waals surface area (Å²) in [6.45, 7) is 1.70. The zero-order chi connectivity index (χ0) is 16.5. The average molecular weight is 365 g/mol. The monoisotopic (exact) mass is 364 g/mol. The van der Waals surface area contributed by atoms with E-state index >= 15 is 0 Å². The summed E-state index contributed by atoms with van der Waals surface area (Å²) in [5.74, 6) is -0.274. The van der Waals surface area contributed by atoms with Crippen molar-refractivity contribution in [1.29, 1.82) is 0 Å². The Kier molecular flexibility index (Phi) is 4.45. The predicted octanol–water partition coefficient (Wildman–Crippen LogP) is 4.26. The zero-order valence-electron chi connectivity index (χ0n) is 12.6. The first kappa shape index (κ1) is 15.9. The Hall–Kier alpha value is -1.60. The number of pyridine rings is 1. The van der Waals surface area contributed by atoms with Crippen LogP contribution in [0.5, 0.6) is 0 Å². The highest BCUT2D eigenvalue weighted by molar-refractivity contribution is 7.99. The summed E-state index contributed by atoms with van der Waals surface area (Å²) in [6, 6.07) is 9.97. The van der Waals surface area contributed by atoms with Crippen LogP contribution in [0.15, 0.2) is 47.6 Å². The van der Waals surface area contributed by atoms with Gasteiger partial charge >= 0.3 is 0 Å². The third kappa shape index (κ3) is 3.15. The number of thioether (sulfide) groups is 1. The van der Waals surface area contributed by atoms with Gasteiger partial charge in [-0.2, -0.15) is 0 Å². The summed E-state index contributed by atoms with van der Waals surface area (Å²) in [7, 11) is 0. The Bertz CT molecular complexity index is 863. The molecule has 1 atom stereocenters. The number of hydrogen-bond acceptors (Lipinski definition) is 4. The maximum Gasteiger partial charge on any atom is 0.138 e. The molecule has 1 aliphatic heterocycles. The number of benzene rings is 1. The molecule has 0 radical (unpaired) electrons. The van der Waals surface area contributed by atoms with Gasteiger partial charge in [-0.15, -0.1) is 0 Å². The molecular formula is C17H14ClFN2O2S. The molecule has 0 aliphatic carbocycles. The number of rotatable bonds is 3. The minimum atomic E-state index is -0.274. The molecule has 1 fully saturated rings. The number of halogens is 2. The second kappa shape index (κ2) is 6.72. The molecule has 4 rings (SSSR count). The van der Waals surface area contributed by atoms with Gasteiger partial charge in [-0.3, -0.25) is 4.40 Å². The highest BCUT2D eigenvalue weighted by Crippen LogP contribution is 2.36. The lowest BCUT2D eigenvalue weighted by molar-refractivity contribution is -0.0498. The molecule has 3 aromatic rings. The fourth-order valence-corrected chi connectivity index (χ4v) is 3.84. The van der Waals surface area contributed by atoms with Gasteiger partial charge in [0.05, 0.1) is 24.8 Å². The van der Waals surface area contributed by atoms with Crippen molar-refractivity contribution in [2.45, 2.75) is 10.5 Å². The lowest BCUT2D eigenvalue weighted by atomic mass is 10.2. The van der Waals surface area contributed by atoms with Crippen molar-refractivity contribution < 1.29 is 13.9 Å². The van der Waals surface area contributed by atoms with E-state index in [4.69, 9.17) is 21.1 Å². The number of imidazole rings is 1. The van der Waals surface area contributed by atoms with Crippen molar-refractivity contribution in [3.8, 4) is 11.3 Å². The Morgan fingerprint density at radius 1 is 1.17 bits per heavy atom. The van der Waals surface area contributed by atoms with Crippen LogP contribution in [0.1, 0.15) is 0 Å². The molecule has 3 heterocycles. The van der Waals surface area contributed by atoms with Crippen molar-refractivity contribution in [3.63, 3.8) is 0 Å². The van der Waals surface area contributed by atoms with Crippen LogP contribution in [0.2, 0.25) is 5.02 Å². The highest BCUT2D eigenvalue weighted by atomic mass is 35.5. The van der Waals surface area contributed by atoms with Crippen LogP contribution in [0.25, 0.3) is 16.9 Å². The van der Waals surface area contributed by atoms with E-state index in [0.717, 1.165) is 21.9 Å². The van der Waals surface area contributed by atoms with Crippen LogP contribution < -0.4 is 0 Å². The molecular weight excluding hydrogens is 351 g/mol. The second-order valence-corrected chi connectivity index (χ2v) is 6.93. The molecule has 0 N–H and O–H groups in total. The summed E-state index contributed by atoms with van der Waals surface area (Å²) in [4.78, 5) is 4.68. The van der Waals surface area contributed by atoms with Crippen molar-refractivity contribution in [2.24, 2.45) is 0 Å². The molecule has 1 unspecified atom stereocenters. The standard InChI is InChI=1S/C17H14ClFN2O2S/c18-12-3-6-14-20-16(11-1-4-13(19)5-2-11)17(21(14)9-12)24-15-10-22-7-8-23-15/h1-6,9,15H,7-8,10H2. The number of nitrogens with zero attached hydrogens (tertiary/aromatic N) is 2. The minimum Gasteiger partial charge on any atom is -0.375 e. The van der Waals surface area contributed by atoms with Crippen LogP contribution in [0, 0.1) is 5.82 Å². The summed E-state index contributed by atoms with van der Waals surface area (Å²) < 4.78 is 26.4. The van der Waals surface area contributed by atoms with Crippen molar-refractivity contribution >= 4 is 29.0 Å². The number of hydrogen-bond donors (Lipinski definition) is 0. The largest absolute Gasteiger partial charge is 0.375 e. The molecule has 0 spiro atoms. The predicted molar refractivity (Wildman–Crippen MR) is 92.0 cm³/mol. The fraction of sp³-hybridized carbons (Fsp3) is 0.235. The van der Waals surface area contributed by atoms with Gasteiger partial charge in [0.2, 0.25) is 0 Å². The highest BCUT2D eigenvalue weighted by Gasteiger charge is 2.22. The van der Waals surface area contributed by atoms with Gasteiger partial charge in [0.1, 0.15) is 27.6 Å². The lowest BCUT2D eigenvalue weighted by Gasteiger charge is -2.22. The maximum absolute atomic E-state index is 13.2. The maximum atomic E-state index is 13.2. The summed E-state index contributed by atoms with van der Waals surface area (Å²) in [6.07, 6.45) is 1.82. The minimum absolute atomic E-state index is 0.114. The molecule has 1 saturated heterocycles. The molecule has 1 aromatic carbocycles. The van der Waals surface area contributed by atoms with Crippen LogP contribution in [-0.4, -0.2) is 34.6 Å². The Labute approximate surface area is 147 Å². The molecule has 0 bridgehead atoms. The number of fused-ring (bicyclic) bond motifs is 1. The molecule has 0 amide bonds. The van der Waals surface area contributed by atoms with Crippen LogP contribution in [0.3, 0.4) is 0 Å². The van der Waals surface area contributed by atoms with Crippen LogP contribution >= 0.6 is 23.4 Å². The van der Waals surface area contributed by atoms with Crippen molar-refractivity contribution in [2.75, 3.05) is 19.8 Å². The Morgan fingerprint density at radius 3 is 2.75 bits per heavy atom. The number of ether oxygens (including phenoxy) is 2. The zero-order valence-corrected chi connectivity index (χ0v) is 14.2. The van der Waals surface area contributed by atoms with Crippen LogP contribution in [0.4, 0.5) is 4.39 Å². The van der Waals surface area contributed by atoms with E-state index in [0.29, 0.717) is 24.8 Å². The molecule has 2 aromatic heterocycles. The van der Waals surface area contributed by atoms with E-state index in [1.807, 2.05) is 16.7 Å². The van der Waals surface area contributed by atoms with E-state index in [2.05, 4.69) is 4.98 Å². The lowest BCUT2D eigenvalue weighted by Crippen LogP contribution is -2.25. The van der Waals surface area contributed by atoms with Gasteiger partial charge in [0.25, 0.3) is 0 Å². The first-order valence-corrected chi connectivity index (χ1v) is 8.76. The second-order valence-electron chi connectivity index (χ2n) is 5.34. The molecule has 0 saturated carbocycles. The molecule has 1 aliphatic rings. The average Bonchev–Trinajstić information content (AvgIpc) is 2.94. The Balaban J connectivity index is 1.81. The quantitative estimate of drug-likeness (QED) is 0.695. The van der Waals surface area contributed by atoms with Gasteiger partial charge in [-0.25, -0.2) is 9.37 Å². The van der Waals surface area contributed by atoms with Gasteiger partial charge in [0.15, 0.2) is 0 Å². The fourth-order valence-electron chi connectivity index (χ4n) is 2.56. The summed E-state index contributed by atoms with van der Waals surface area (Å²) >= 11 is 7.68. The molecule has 4 nitrogen and oxygen atoms in total. The first-order valence-electron chi connectivity index (χ1n) is 7.50. The van der Waals surface area contributed by atoms with Crippen molar-refractivity contribution in [3.05, 3.63) is 53.4 Å². The molecule has 24 heavy (non-hydrogen) atoms. The van der Waals surface area contributed by atoms with E-state index in [1.54, 1.807) is 18.2 Å². The molecule has 124 valence electrons. The summed E-state index contributed by atoms with van der Waals surface area (Å²) in [5, 5.41) is 1.52. The van der Waals surface area contributed by atoms with E-state index in [-0.39, 0.29) is 11.3 Å². The van der Waals surface area contributed by atoms with Gasteiger partial charge < -0.3 is 9.47 Å². The van der Waals surface area contributed by atoms with E-state index in [9.17, 15) is 4.39 Å². The topological polar surface area (TPSA) is 35.8 Å². The van der Waals surface area contributed by atoms with E-state index in [1.165, 1.54) is 23.9 Å². The summed E-state index contributed by atoms with van der Waals surface area (Å²) in [5.41, 5.74) is 2.28. The SMILES string of the molecule is Fc1ccc(-c2nc3ccc(Cl)cn3c2SC2COCCO2)cc1. The molecule has 7 heteroatoms. The Morgan fingerprint density at radius 2 is 2.00 bits per heavy atom. The van der Waals surface area contributed by atoms with E-state index < -0.39 is 0 Å². The van der Waals surface area contributed by atoms with Crippen molar-refractivity contribution in [1.82, 2.24) is 9.38 Å². The van der Waals surface area contributed by atoms with Crippen LogP contribution in [-0.2, 0) is 9.47 Å². The van der Waals surface area contributed by atoms with Gasteiger partial charge in [-0.1, -0.05) is 23.4 Å². The number of aromatic nitrogens is 2.